The molecule has 6 atom stereocenters. The van der Waals surface area contributed by atoms with Crippen LogP contribution in [-0.2, 0) is 19.1 Å². The van der Waals surface area contributed by atoms with Crippen molar-refractivity contribution in [2.45, 2.75) is 51.6 Å². The van der Waals surface area contributed by atoms with Crippen LogP contribution in [0, 0.1) is 28.6 Å². The van der Waals surface area contributed by atoms with Gasteiger partial charge in [-0.05, 0) is 49.7 Å². The van der Waals surface area contributed by atoms with E-state index in [1.165, 1.54) is 4.90 Å². The zero-order valence-electron chi connectivity index (χ0n) is 20.2. The molecule has 3 fully saturated rings. The van der Waals surface area contributed by atoms with E-state index in [1.807, 2.05) is 19.9 Å². The number of ketones is 3. The van der Waals surface area contributed by atoms with Gasteiger partial charge in [-0.15, -0.1) is 23.2 Å². The number of hydrogen-bond acceptors (Lipinski definition) is 6. The quantitative estimate of drug-likeness (QED) is 0.508. The maximum atomic E-state index is 13.6. The van der Waals surface area contributed by atoms with E-state index >= 15 is 0 Å². The lowest BCUT2D eigenvalue weighted by molar-refractivity contribution is -0.169. The SMILES string of the molecule is C[C@]12C=CC(=O)C=C1CC[C@@H]1[C@@H]2C(=O)C[C@@]2(C)[C@H]1CC[C@@]2(O)C(=O)COC(=O)N(CCCl)CCCl. The van der Waals surface area contributed by atoms with Crippen molar-refractivity contribution in [3.63, 3.8) is 0 Å². The summed E-state index contributed by atoms with van der Waals surface area (Å²) < 4.78 is 5.23. The summed E-state index contributed by atoms with van der Waals surface area (Å²) in [5.41, 5.74) is -2.20. The average Bonchev–Trinajstić information content (AvgIpc) is 3.08. The maximum Gasteiger partial charge on any atom is 0.410 e. The molecule has 0 aliphatic heterocycles. The van der Waals surface area contributed by atoms with E-state index < -0.39 is 34.9 Å². The van der Waals surface area contributed by atoms with Crippen molar-refractivity contribution in [1.82, 2.24) is 4.90 Å². The van der Waals surface area contributed by atoms with Gasteiger partial charge in [-0.2, -0.15) is 0 Å². The van der Waals surface area contributed by atoms with Crippen molar-refractivity contribution in [3.05, 3.63) is 23.8 Å². The number of hydrogen-bond donors (Lipinski definition) is 1. The summed E-state index contributed by atoms with van der Waals surface area (Å²) in [5.74, 6) is -0.501. The molecule has 4 aliphatic carbocycles. The van der Waals surface area contributed by atoms with Crippen LogP contribution in [0.25, 0.3) is 0 Å². The van der Waals surface area contributed by atoms with Crippen LogP contribution < -0.4 is 0 Å². The summed E-state index contributed by atoms with van der Waals surface area (Å²) in [6, 6.07) is 0. The predicted molar refractivity (Wildman–Crippen MR) is 131 cm³/mol. The van der Waals surface area contributed by atoms with E-state index in [0.717, 1.165) is 12.0 Å². The lowest BCUT2D eigenvalue weighted by Crippen LogP contribution is -2.60. The van der Waals surface area contributed by atoms with Crippen molar-refractivity contribution in [2.24, 2.45) is 28.6 Å². The standard InChI is InChI=1S/C26H33Cl2NO6/c1-24-7-5-17(30)13-16(24)3-4-18-19-6-8-26(34,25(19,2)14-20(31)22(18)24)21(32)15-35-23(33)29(11-9-27)12-10-28/h5,7,13,18-19,22,34H,3-4,6,8-12,14-15H2,1-2H3/t18-,19-,22+,24-,25-,26+/m0/s1. The second kappa shape index (κ2) is 9.64. The van der Waals surface area contributed by atoms with Crippen molar-refractivity contribution >= 4 is 46.6 Å². The van der Waals surface area contributed by atoms with E-state index in [2.05, 4.69) is 0 Å². The summed E-state index contributed by atoms with van der Waals surface area (Å²) in [6.45, 7) is 3.75. The monoisotopic (exact) mass is 525 g/mol. The predicted octanol–water partition coefficient (Wildman–Crippen LogP) is 3.69. The number of ether oxygens (including phenoxy) is 1. The molecule has 1 amide bonds. The van der Waals surface area contributed by atoms with Gasteiger partial charge in [-0.3, -0.25) is 14.4 Å². The molecular weight excluding hydrogens is 493 g/mol. The minimum absolute atomic E-state index is 0.00793. The Balaban J connectivity index is 1.53. The Labute approximate surface area is 215 Å². The van der Waals surface area contributed by atoms with Gasteiger partial charge < -0.3 is 14.7 Å². The van der Waals surface area contributed by atoms with Gasteiger partial charge in [0.25, 0.3) is 0 Å². The highest BCUT2D eigenvalue weighted by molar-refractivity contribution is 6.18. The van der Waals surface area contributed by atoms with Crippen molar-refractivity contribution < 1.29 is 29.0 Å². The van der Waals surface area contributed by atoms with Crippen molar-refractivity contribution in [1.29, 1.82) is 0 Å². The van der Waals surface area contributed by atoms with E-state index in [1.54, 1.807) is 12.2 Å². The first-order valence-electron chi connectivity index (χ1n) is 12.3. The number of allylic oxidation sites excluding steroid dienone is 4. The molecule has 35 heavy (non-hydrogen) atoms. The maximum absolute atomic E-state index is 13.6. The van der Waals surface area contributed by atoms with E-state index in [4.69, 9.17) is 27.9 Å². The normalized spacial score (nSPS) is 37.7. The van der Waals surface area contributed by atoms with E-state index in [0.29, 0.717) is 12.8 Å². The molecule has 0 radical (unpaired) electrons. The molecule has 0 heterocycles. The number of amides is 1. The molecule has 1 N–H and O–H groups in total. The van der Waals surface area contributed by atoms with Gasteiger partial charge in [-0.25, -0.2) is 4.79 Å². The summed E-state index contributed by atoms with van der Waals surface area (Å²) in [4.78, 5) is 52.6. The largest absolute Gasteiger partial charge is 0.441 e. The fourth-order valence-electron chi connectivity index (χ4n) is 7.33. The second-order valence-corrected chi connectivity index (χ2v) is 11.5. The van der Waals surface area contributed by atoms with Crippen LogP contribution in [0.2, 0.25) is 0 Å². The molecule has 0 unspecified atom stereocenters. The fraction of sp³-hybridized carbons (Fsp3) is 0.692. The van der Waals surface area contributed by atoms with E-state index in [9.17, 15) is 24.3 Å². The lowest BCUT2D eigenvalue weighted by atomic mass is 9.46. The smallest absolute Gasteiger partial charge is 0.410 e. The zero-order valence-corrected chi connectivity index (χ0v) is 21.7. The molecule has 0 saturated heterocycles. The number of rotatable bonds is 7. The van der Waals surface area contributed by atoms with Gasteiger partial charge >= 0.3 is 6.09 Å². The number of carbonyl (C=O) groups excluding carboxylic acids is 4. The molecular formula is C26H33Cl2NO6. The molecule has 0 bridgehead atoms. The molecule has 192 valence electrons. The first-order chi connectivity index (χ1) is 16.5. The number of fused-ring (bicyclic) bond motifs is 5. The fourth-order valence-corrected chi connectivity index (χ4v) is 7.74. The molecule has 0 aromatic carbocycles. The minimum atomic E-state index is -1.75. The Hall–Kier alpha value is -1.70. The molecule has 7 nitrogen and oxygen atoms in total. The van der Waals surface area contributed by atoms with Gasteiger partial charge in [0.15, 0.2) is 12.4 Å². The highest BCUT2D eigenvalue weighted by Crippen LogP contribution is 2.66. The molecule has 0 spiro atoms. The van der Waals surface area contributed by atoms with Crippen LogP contribution in [0.4, 0.5) is 4.79 Å². The van der Waals surface area contributed by atoms with Gasteiger partial charge in [0.2, 0.25) is 5.78 Å². The number of alkyl halides is 2. The summed E-state index contributed by atoms with van der Waals surface area (Å²) in [7, 11) is 0. The number of halogens is 2. The number of carbonyl (C=O) groups is 4. The Morgan fingerprint density at radius 3 is 2.51 bits per heavy atom. The van der Waals surface area contributed by atoms with Crippen LogP contribution in [0.5, 0.6) is 0 Å². The Kier molecular flexibility index (Phi) is 7.26. The van der Waals surface area contributed by atoms with Gasteiger partial charge in [-0.1, -0.05) is 25.5 Å². The van der Waals surface area contributed by atoms with Crippen LogP contribution in [-0.4, -0.2) is 70.5 Å². The van der Waals surface area contributed by atoms with Crippen molar-refractivity contribution in [2.75, 3.05) is 31.5 Å². The molecule has 4 aliphatic rings. The summed E-state index contributed by atoms with van der Waals surface area (Å²) in [6.07, 6.45) is 6.75. The lowest BCUT2D eigenvalue weighted by Gasteiger charge is -2.56. The van der Waals surface area contributed by atoms with Gasteiger partial charge in [0, 0.05) is 48.0 Å². The minimum Gasteiger partial charge on any atom is -0.441 e. The molecule has 4 rings (SSSR count). The summed E-state index contributed by atoms with van der Waals surface area (Å²) in [5, 5.41) is 11.7. The van der Waals surface area contributed by atoms with Crippen LogP contribution in [0.3, 0.4) is 0 Å². The second-order valence-electron chi connectivity index (χ2n) is 10.8. The first kappa shape index (κ1) is 26.4. The third kappa shape index (κ3) is 4.17. The van der Waals surface area contributed by atoms with E-state index in [-0.39, 0.29) is 67.0 Å². The average molecular weight is 526 g/mol. The number of aliphatic hydroxyl groups is 1. The molecule has 3 saturated carbocycles. The Morgan fingerprint density at radius 2 is 1.86 bits per heavy atom. The first-order valence-corrected chi connectivity index (χ1v) is 13.3. The highest BCUT2D eigenvalue weighted by Gasteiger charge is 2.68. The number of Topliss-reactive ketones (excluding diaryl/α,β-unsaturated/α-hetero) is 2. The van der Waals surface area contributed by atoms with Gasteiger partial charge in [0.1, 0.15) is 11.4 Å². The summed E-state index contributed by atoms with van der Waals surface area (Å²) >= 11 is 11.5. The molecule has 9 heteroatoms. The van der Waals surface area contributed by atoms with Crippen LogP contribution in [0.1, 0.15) is 46.0 Å². The topological polar surface area (TPSA) is 101 Å². The number of nitrogens with zero attached hydrogens (tertiary/aromatic N) is 1. The van der Waals surface area contributed by atoms with Crippen molar-refractivity contribution in [3.8, 4) is 0 Å². The zero-order chi connectivity index (χ0) is 25.6. The third-order valence-electron chi connectivity index (χ3n) is 9.16. The Morgan fingerprint density at radius 1 is 1.17 bits per heavy atom. The van der Waals surface area contributed by atoms with Gasteiger partial charge in [0.05, 0.1) is 0 Å². The van der Waals surface area contributed by atoms with Crippen LogP contribution >= 0.6 is 23.2 Å². The third-order valence-corrected chi connectivity index (χ3v) is 9.50. The highest BCUT2D eigenvalue weighted by atomic mass is 35.5. The molecule has 0 aromatic heterocycles. The Bertz CT molecular complexity index is 988. The molecule has 0 aromatic rings. The van der Waals surface area contributed by atoms with Crippen LogP contribution in [0.15, 0.2) is 23.8 Å².